The molecule has 0 aromatic rings. The molecule has 3 heterocycles. The predicted molar refractivity (Wildman–Crippen MR) is 88.7 cm³/mol. The summed E-state index contributed by atoms with van der Waals surface area (Å²) in [6, 6.07) is 0.386. The molecule has 3 rings (SSSR count). The van der Waals surface area contributed by atoms with Crippen molar-refractivity contribution in [1.29, 1.82) is 0 Å². The van der Waals surface area contributed by atoms with Gasteiger partial charge < -0.3 is 19.7 Å². The average Bonchev–Trinajstić information content (AvgIpc) is 2.97. The van der Waals surface area contributed by atoms with Crippen LogP contribution in [0.25, 0.3) is 0 Å². The lowest BCUT2D eigenvalue weighted by Gasteiger charge is -2.37. The highest BCUT2D eigenvalue weighted by Crippen LogP contribution is 2.26. The molecule has 1 N–H and O–H groups in total. The van der Waals surface area contributed by atoms with Gasteiger partial charge in [-0.25, -0.2) is 4.79 Å². The van der Waals surface area contributed by atoms with Crippen LogP contribution in [-0.4, -0.2) is 79.4 Å². The summed E-state index contributed by atoms with van der Waals surface area (Å²) in [5, 5.41) is 2.92. The maximum Gasteiger partial charge on any atom is 0.407 e. The summed E-state index contributed by atoms with van der Waals surface area (Å²) >= 11 is 0. The molecular formula is C17H29N3O4. The minimum absolute atomic E-state index is 0.0281. The van der Waals surface area contributed by atoms with Crippen LogP contribution in [0.2, 0.25) is 0 Å². The van der Waals surface area contributed by atoms with Crippen LogP contribution in [0.15, 0.2) is 0 Å². The number of alkyl carbamates (subject to hydrolysis) is 1. The largest absolute Gasteiger partial charge is 0.450 e. The van der Waals surface area contributed by atoms with Gasteiger partial charge in [-0.1, -0.05) is 0 Å². The van der Waals surface area contributed by atoms with Crippen molar-refractivity contribution in [2.75, 3.05) is 39.5 Å². The molecule has 0 bridgehead atoms. The van der Waals surface area contributed by atoms with Crippen LogP contribution in [0.5, 0.6) is 0 Å². The molecule has 0 saturated carbocycles. The first-order chi connectivity index (χ1) is 11.7. The molecule has 3 aliphatic heterocycles. The second-order valence-electron chi connectivity index (χ2n) is 6.88. The number of nitrogens with one attached hydrogen (secondary N) is 1. The molecule has 0 spiro atoms. The Hall–Kier alpha value is -1.34. The fraction of sp³-hybridized carbons (Fsp3) is 0.882. The van der Waals surface area contributed by atoms with E-state index in [1.54, 1.807) is 6.92 Å². The summed E-state index contributed by atoms with van der Waals surface area (Å²) in [7, 11) is 0. The van der Waals surface area contributed by atoms with Crippen molar-refractivity contribution in [2.45, 2.75) is 57.2 Å². The third-order valence-electron chi connectivity index (χ3n) is 5.33. The van der Waals surface area contributed by atoms with E-state index in [1.165, 1.54) is 0 Å². The average molecular weight is 339 g/mol. The van der Waals surface area contributed by atoms with Gasteiger partial charge in [0, 0.05) is 38.4 Å². The fourth-order valence-corrected chi connectivity index (χ4v) is 4.13. The molecular weight excluding hydrogens is 310 g/mol. The fourth-order valence-electron chi connectivity index (χ4n) is 4.13. The minimum atomic E-state index is -0.356. The molecule has 2 amide bonds. The van der Waals surface area contributed by atoms with Gasteiger partial charge >= 0.3 is 6.09 Å². The molecule has 3 fully saturated rings. The highest BCUT2D eigenvalue weighted by atomic mass is 16.5. The molecule has 3 aliphatic rings. The third-order valence-corrected chi connectivity index (χ3v) is 5.33. The number of amides is 2. The van der Waals surface area contributed by atoms with Gasteiger partial charge in [-0.3, -0.25) is 9.69 Å². The van der Waals surface area contributed by atoms with Gasteiger partial charge in [0.05, 0.1) is 12.6 Å². The number of hydrogen-bond donors (Lipinski definition) is 1. The molecule has 24 heavy (non-hydrogen) atoms. The summed E-state index contributed by atoms with van der Waals surface area (Å²) in [5.41, 5.74) is 0. The number of carbonyl (C=O) groups excluding carboxylic acids is 2. The second-order valence-corrected chi connectivity index (χ2v) is 6.88. The van der Waals surface area contributed by atoms with Crippen molar-refractivity contribution in [2.24, 2.45) is 0 Å². The zero-order valence-electron chi connectivity index (χ0n) is 14.5. The summed E-state index contributed by atoms with van der Waals surface area (Å²) in [4.78, 5) is 28.8. The molecule has 0 radical (unpaired) electrons. The molecule has 7 nitrogen and oxygen atoms in total. The van der Waals surface area contributed by atoms with Crippen molar-refractivity contribution in [3.63, 3.8) is 0 Å². The third kappa shape index (κ3) is 4.00. The Morgan fingerprint density at radius 1 is 1.25 bits per heavy atom. The van der Waals surface area contributed by atoms with E-state index in [1.807, 2.05) is 0 Å². The minimum Gasteiger partial charge on any atom is -0.450 e. The summed E-state index contributed by atoms with van der Waals surface area (Å²) in [6.45, 7) is 6.21. The molecule has 3 saturated heterocycles. The smallest absolute Gasteiger partial charge is 0.407 e. The maximum atomic E-state index is 12.9. The number of piperidine rings is 1. The van der Waals surface area contributed by atoms with Gasteiger partial charge in [0.2, 0.25) is 5.91 Å². The van der Waals surface area contributed by atoms with Crippen LogP contribution >= 0.6 is 0 Å². The van der Waals surface area contributed by atoms with Gasteiger partial charge in [0.25, 0.3) is 0 Å². The molecule has 136 valence electrons. The first kappa shape index (κ1) is 17.5. The van der Waals surface area contributed by atoms with Gasteiger partial charge in [-0.15, -0.1) is 0 Å². The Bertz CT molecular complexity index is 453. The Morgan fingerprint density at radius 3 is 2.79 bits per heavy atom. The Labute approximate surface area is 143 Å². The van der Waals surface area contributed by atoms with Crippen LogP contribution in [0.4, 0.5) is 4.79 Å². The summed E-state index contributed by atoms with van der Waals surface area (Å²) in [5.74, 6) is 0.263. The number of ether oxygens (including phenoxy) is 2. The van der Waals surface area contributed by atoms with Crippen LogP contribution in [-0.2, 0) is 14.3 Å². The summed E-state index contributed by atoms with van der Waals surface area (Å²) in [6.07, 6.45) is 4.38. The van der Waals surface area contributed by atoms with E-state index < -0.39 is 0 Å². The lowest BCUT2D eigenvalue weighted by Crippen LogP contribution is -2.53. The van der Waals surface area contributed by atoms with Gasteiger partial charge in [0.1, 0.15) is 0 Å². The maximum absolute atomic E-state index is 12.9. The Balaban J connectivity index is 1.54. The number of carbonyl (C=O) groups is 2. The number of rotatable bonds is 4. The Kier molecular flexibility index (Phi) is 5.94. The first-order valence-electron chi connectivity index (χ1n) is 9.24. The molecule has 7 heteroatoms. The van der Waals surface area contributed by atoms with E-state index in [4.69, 9.17) is 9.47 Å². The number of likely N-dealkylation sites (tertiary alicyclic amines) is 2. The van der Waals surface area contributed by atoms with E-state index in [9.17, 15) is 9.59 Å². The highest BCUT2D eigenvalue weighted by Gasteiger charge is 2.40. The topological polar surface area (TPSA) is 71.1 Å². The quantitative estimate of drug-likeness (QED) is 0.827. The van der Waals surface area contributed by atoms with E-state index in [-0.39, 0.29) is 24.1 Å². The molecule has 0 aliphatic carbocycles. The second kappa shape index (κ2) is 8.16. The van der Waals surface area contributed by atoms with Gasteiger partial charge in [-0.05, 0) is 45.6 Å². The monoisotopic (exact) mass is 339 g/mol. The zero-order chi connectivity index (χ0) is 16.9. The highest BCUT2D eigenvalue weighted by molar-refractivity contribution is 5.84. The van der Waals surface area contributed by atoms with Crippen molar-refractivity contribution in [1.82, 2.24) is 15.1 Å². The summed E-state index contributed by atoms with van der Waals surface area (Å²) < 4.78 is 10.4. The first-order valence-corrected chi connectivity index (χ1v) is 9.24. The molecule has 0 aromatic carbocycles. The lowest BCUT2D eigenvalue weighted by atomic mass is 10.0. The van der Waals surface area contributed by atoms with E-state index in [0.29, 0.717) is 12.6 Å². The van der Waals surface area contributed by atoms with Gasteiger partial charge in [-0.2, -0.15) is 0 Å². The van der Waals surface area contributed by atoms with Crippen LogP contribution in [0.1, 0.15) is 39.0 Å². The van der Waals surface area contributed by atoms with Crippen molar-refractivity contribution in [3.05, 3.63) is 0 Å². The standard InChI is InChI=1S/C17H29N3O4/c1-2-24-17(22)18-13-4-3-8-19(12-13)15-5-9-20(16(15)21)14-6-10-23-11-7-14/h13-15H,2-12H2,1H3,(H,18,22)/t13-,15-/m1/s1. The van der Waals surface area contributed by atoms with Crippen molar-refractivity contribution < 1.29 is 19.1 Å². The van der Waals surface area contributed by atoms with Crippen LogP contribution in [0.3, 0.4) is 0 Å². The van der Waals surface area contributed by atoms with E-state index >= 15 is 0 Å². The Morgan fingerprint density at radius 2 is 2.04 bits per heavy atom. The number of nitrogens with zero attached hydrogens (tertiary/aromatic N) is 2. The zero-order valence-corrected chi connectivity index (χ0v) is 14.5. The van der Waals surface area contributed by atoms with Gasteiger partial charge in [0.15, 0.2) is 0 Å². The normalized spacial score (nSPS) is 29.7. The van der Waals surface area contributed by atoms with Crippen molar-refractivity contribution >= 4 is 12.0 Å². The lowest BCUT2D eigenvalue weighted by molar-refractivity contribution is -0.136. The van der Waals surface area contributed by atoms with E-state index in [2.05, 4.69) is 15.1 Å². The SMILES string of the molecule is CCOC(=O)N[C@@H]1CCCN([C@@H]2CCN(C3CCOCC3)C2=O)C1. The van der Waals surface area contributed by atoms with Crippen molar-refractivity contribution in [3.8, 4) is 0 Å². The van der Waals surface area contributed by atoms with Crippen LogP contribution in [0, 0.1) is 0 Å². The number of hydrogen-bond acceptors (Lipinski definition) is 5. The molecule has 0 unspecified atom stereocenters. The van der Waals surface area contributed by atoms with E-state index in [0.717, 1.165) is 65.0 Å². The molecule has 0 aromatic heterocycles. The molecule has 2 atom stereocenters. The predicted octanol–water partition coefficient (Wildman–Crippen LogP) is 0.977. The van der Waals surface area contributed by atoms with Crippen LogP contribution < -0.4 is 5.32 Å².